The molecule has 0 N–H and O–H groups in total. The molecule has 1 aliphatic carbocycles. The number of hydrogen-bond donors (Lipinski definition) is 0. The van der Waals surface area contributed by atoms with Crippen LogP contribution >= 0.6 is 0 Å². The predicted octanol–water partition coefficient (Wildman–Crippen LogP) is 5.38. The summed E-state index contributed by atoms with van der Waals surface area (Å²) in [6.45, 7) is 10.6. The van der Waals surface area contributed by atoms with Crippen molar-refractivity contribution in [1.82, 2.24) is 4.98 Å². The number of rotatable bonds is 7. The van der Waals surface area contributed by atoms with E-state index in [1.54, 1.807) is 30.5 Å². The standard InChI is InChI=1S/C26H29FN2O4/c1-25(2,3)17-32-28-16-20-22(26(20,4)5)24(30)31-15-9-10-18-13-14-21(27)23(29-18)33-19-11-7-6-8-12-19/h6-8,11-14,16,20,22H,10,17H2,1-5H3. The van der Waals surface area contributed by atoms with Crippen LogP contribution in [0.4, 0.5) is 4.39 Å². The largest absolute Gasteiger partial charge is 0.436 e. The van der Waals surface area contributed by atoms with Crippen LogP contribution < -0.4 is 4.74 Å². The average molecular weight is 453 g/mol. The van der Waals surface area contributed by atoms with Crippen molar-refractivity contribution in [2.75, 3.05) is 6.61 Å². The molecule has 6 nitrogen and oxygen atoms in total. The Labute approximate surface area is 194 Å². The first kappa shape index (κ1) is 24.2. The fraction of sp³-hybridized carbons (Fsp3) is 0.423. The number of hydrogen-bond acceptors (Lipinski definition) is 6. The van der Waals surface area contributed by atoms with Gasteiger partial charge >= 0.3 is 5.97 Å². The molecule has 0 aliphatic heterocycles. The van der Waals surface area contributed by atoms with Gasteiger partial charge in [0.15, 0.2) is 5.82 Å². The molecular formula is C26H29FN2O4. The molecule has 3 rings (SSSR count). The molecule has 1 aromatic carbocycles. The summed E-state index contributed by atoms with van der Waals surface area (Å²) in [4.78, 5) is 21.9. The van der Waals surface area contributed by atoms with E-state index in [1.165, 1.54) is 12.1 Å². The maximum absolute atomic E-state index is 14.0. The van der Waals surface area contributed by atoms with Gasteiger partial charge in [0.2, 0.25) is 0 Å². The summed E-state index contributed by atoms with van der Waals surface area (Å²) >= 11 is 0. The molecule has 0 radical (unpaired) electrons. The van der Waals surface area contributed by atoms with Crippen LogP contribution in [0, 0.1) is 40.5 Å². The maximum Gasteiger partial charge on any atom is 0.324 e. The van der Waals surface area contributed by atoms with Gasteiger partial charge in [0.25, 0.3) is 5.88 Å². The number of esters is 1. The highest BCUT2D eigenvalue weighted by Gasteiger charge is 2.62. The van der Waals surface area contributed by atoms with Crippen molar-refractivity contribution in [1.29, 1.82) is 0 Å². The van der Waals surface area contributed by atoms with Crippen molar-refractivity contribution in [3.8, 4) is 23.7 Å². The van der Waals surface area contributed by atoms with E-state index in [4.69, 9.17) is 14.3 Å². The summed E-state index contributed by atoms with van der Waals surface area (Å²) in [5, 5.41) is 4.01. The van der Waals surface area contributed by atoms with E-state index in [1.807, 2.05) is 19.9 Å². The van der Waals surface area contributed by atoms with Crippen LogP contribution in [0.5, 0.6) is 11.6 Å². The van der Waals surface area contributed by atoms with Gasteiger partial charge in [0.05, 0.1) is 18.0 Å². The first-order valence-electron chi connectivity index (χ1n) is 10.8. The first-order valence-corrected chi connectivity index (χ1v) is 10.8. The second kappa shape index (κ2) is 10.0. The van der Waals surface area contributed by atoms with E-state index in [2.05, 4.69) is 42.9 Å². The number of nitrogens with zero attached hydrogens (tertiary/aromatic N) is 2. The fourth-order valence-corrected chi connectivity index (χ4v) is 3.25. The summed E-state index contributed by atoms with van der Waals surface area (Å²) in [7, 11) is 0. The van der Waals surface area contributed by atoms with Crippen LogP contribution in [0.15, 0.2) is 47.6 Å². The third kappa shape index (κ3) is 6.79. The monoisotopic (exact) mass is 452 g/mol. The minimum absolute atomic E-state index is 0.0120. The summed E-state index contributed by atoms with van der Waals surface area (Å²) < 4.78 is 24.6. The van der Waals surface area contributed by atoms with Crippen molar-refractivity contribution >= 4 is 12.2 Å². The molecule has 1 fully saturated rings. The SMILES string of the molecule is CC(C)(C)CON=CC1C(C(=O)OC#CCc2ccc(F)c(Oc3ccccc3)n2)C1(C)C. The van der Waals surface area contributed by atoms with Crippen molar-refractivity contribution in [3.05, 3.63) is 54.0 Å². The zero-order valence-electron chi connectivity index (χ0n) is 19.6. The lowest BCUT2D eigenvalue weighted by atomic mass is 9.99. The van der Waals surface area contributed by atoms with E-state index >= 15 is 0 Å². The van der Waals surface area contributed by atoms with Gasteiger partial charge in [0, 0.05) is 12.1 Å². The highest BCUT2D eigenvalue weighted by atomic mass is 19.1. The van der Waals surface area contributed by atoms with Gasteiger partial charge in [-0.05, 0) is 35.1 Å². The lowest BCUT2D eigenvalue weighted by molar-refractivity contribution is -0.139. The number of ether oxygens (including phenoxy) is 2. The minimum atomic E-state index is -0.572. The lowest BCUT2D eigenvalue weighted by Crippen LogP contribution is -2.12. The molecule has 1 heterocycles. The second-order valence-corrected chi connectivity index (χ2v) is 9.79. The van der Waals surface area contributed by atoms with Crippen LogP contribution in [0.3, 0.4) is 0 Å². The van der Waals surface area contributed by atoms with E-state index < -0.39 is 11.8 Å². The normalized spacial score (nSPS) is 18.8. The van der Waals surface area contributed by atoms with Gasteiger partial charge in [-0.25, -0.2) is 9.37 Å². The number of carbonyl (C=O) groups excluding carboxylic acids is 1. The van der Waals surface area contributed by atoms with Crippen molar-refractivity contribution < 1.29 is 23.5 Å². The molecule has 7 heteroatoms. The Morgan fingerprint density at radius 2 is 1.94 bits per heavy atom. The zero-order chi connectivity index (χ0) is 24.1. The van der Waals surface area contributed by atoms with Gasteiger partial charge in [-0.1, -0.05) is 63.9 Å². The van der Waals surface area contributed by atoms with Gasteiger partial charge in [-0.2, -0.15) is 0 Å². The van der Waals surface area contributed by atoms with Gasteiger partial charge in [0.1, 0.15) is 18.5 Å². The van der Waals surface area contributed by atoms with Crippen molar-refractivity contribution in [2.45, 2.75) is 41.0 Å². The average Bonchev–Trinajstić information content (AvgIpc) is 3.31. The van der Waals surface area contributed by atoms with Crippen molar-refractivity contribution in [3.63, 3.8) is 0 Å². The van der Waals surface area contributed by atoms with E-state index in [0.717, 1.165) is 0 Å². The van der Waals surface area contributed by atoms with Gasteiger partial charge in [-0.15, -0.1) is 0 Å². The molecule has 1 saturated carbocycles. The van der Waals surface area contributed by atoms with Crippen LogP contribution in [0.25, 0.3) is 0 Å². The molecule has 33 heavy (non-hydrogen) atoms. The highest BCUT2D eigenvalue weighted by molar-refractivity contribution is 5.86. The number of aromatic nitrogens is 1. The molecule has 2 unspecified atom stereocenters. The molecule has 0 saturated heterocycles. The molecule has 174 valence electrons. The Kier molecular flexibility index (Phi) is 7.37. The number of para-hydroxylation sites is 1. The number of carbonyl (C=O) groups is 1. The van der Waals surface area contributed by atoms with Crippen LogP contribution in [-0.2, 0) is 20.8 Å². The van der Waals surface area contributed by atoms with Gasteiger partial charge < -0.3 is 14.3 Å². The third-order valence-corrected chi connectivity index (χ3v) is 5.28. The Hall–Kier alpha value is -3.40. The molecule has 2 aromatic rings. The molecule has 1 aliphatic rings. The summed E-state index contributed by atoms with van der Waals surface area (Å²) in [5.74, 6) is 1.72. The third-order valence-electron chi connectivity index (χ3n) is 5.28. The summed E-state index contributed by atoms with van der Waals surface area (Å²) in [5.41, 5.74) is 0.242. The topological polar surface area (TPSA) is 70.0 Å². The number of pyridine rings is 1. The Morgan fingerprint density at radius 3 is 2.64 bits per heavy atom. The van der Waals surface area contributed by atoms with E-state index in [9.17, 15) is 9.18 Å². The van der Waals surface area contributed by atoms with Crippen LogP contribution in [0.2, 0.25) is 0 Å². The van der Waals surface area contributed by atoms with E-state index in [-0.39, 0.29) is 35.0 Å². The number of halogens is 1. The fourth-order valence-electron chi connectivity index (χ4n) is 3.25. The number of oxime groups is 1. The van der Waals surface area contributed by atoms with Crippen LogP contribution in [0.1, 0.15) is 40.3 Å². The predicted molar refractivity (Wildman–Crippen MR) is 123 cm³/mol. The zero-order valence-corrected chi connectivity index (χ0v) is 19.6. The maximum atomic E-state index is 14.0. The molecule has 0 amide bonds. The smallest absolute Gasteiger partial charge is 0.324 e. The van der Waals surface area contributed by atoms with Crippen LogP contribution in [-0.4, -0.2) is 23.8 Å². The second-order valence-electron chi connectivity index (χ2n) is 9.79. The summed E-state index contributed by atoms with van der Waals surface area (Å²) in [6, 6.07) is 11.6. The quantitative estimate of drug-likeness (QED) is 0.244. The highest BCUT2D eigenvalue weighted by Crippen LogP contribution is 2.57. The molecular weight excluding hydrogens is 423 g/mol. The molecule has 0 bridgehead atoms. The first-order chi connectivity index (χ1) is 15.6. The Balaban J connectivity index is 1.52. The minimum Gasteiger partial charge on any atom is -0.436 e. The van der Waals surface area contributed by atoms with Gasteiger partial charge in [-0.3, -0.25) is 4.79 Å². The van der Waals surface area contributed by atoms with Crippen molar-refractivity contribution in [2.24, 2.45) is 27.8 Å². The lowest BCUT2D eigenvalue weighted by Gasteiger charge is -2.15. The molecule has 2 atom stereocenters. The number of benzene rings is 1. The van der Waals surface area contributed by atoms with E-state index in [0.29, 0.717) is 18.1 Å². The molecule has 1 aromatic heterocycles. The Bertz CT molecular complexity index is 1070. The Morgan fingerprint density at radius 1 is 1.21 bits per heavy atom. The molecule has 0 spiro atoms. The summed E-state index contributed by atoms with van der Waals surface area (Å²) in [6.07, 6.45) is 4.28.